The molecule has 0 aliphatic carbocycles. The number of hydrogen-bond donors (Lipinski definition) is 3. The summed E-state index contributed by atoms with van der Waals surface area (Å²) in [5.41, 5.74) is 6.40. The van der Waals surface area contributed by atoms with Crippen molar-refractivity contribution in [3.05, 3.63) is 52.7 Å². The zero-order valence-electron chi connectivity index (χ0n) is 15.0. The third kappa shape index (κ3) is 6.40. The van der Waals surface area contributed by atoms with E-state index >= 15 is 0 Å². The Morgan fingerprint density at radius 3 is 2.58 bits per heavy atom. The van der Waals surface area contributed by atoms with E-state index in [1.807, 2.05) is 35.7 Å². The molecule has 0 saturated heterocycles. The van der Waals surface area contributed by atoms with Crippen LogP contribution in [0.25, 0.3) is 0 Å². The van der Waals surface area contributed by atoms with Gasteiger partial charge >= 0.3 is 6.03 Å². The number of primary amides is 1. The van der Waals surface area contributed by atoms with Crippen LogP contribution < -0.4 is 21.3 Å². The van der Waals surface area contributed by atoms with Crippen LogP contribution in [-0.2, 0) is 4.79 Å². The van der Waals surface area contributed by atoms with Crippen LogP contribution in [0.15, 0.2) is 47.8 Å². The highest BCUT2D eigenvalue weighted by molar-refractivity contribution is 7.10. The van der Waals surface area contributed by atoms with Gasteiger partial charge in [-0.15, -0.1) is 11.3 Å². The third-order valence-corrected chi connectivity index (χ3v) is 5.01. The van der Waals surface area contributed by atoms with Crippen LogP contribution in [0.3, 0.4) is 0 Å². The molecule has 0 spiro atoms. The fourth-order valence-electron chi connectivity index (χ4n) is 2.75. The average Bonchev–Trinajstić information content (AvgIpc) is 3.16. The molecule has 26 heavy (non-hydrogen) atoms. The van der Waals surface area contributed by atoms with Gasteiger partial charge in [0.25, 0.3) is 0 Å². The van der Waals surface area contributed by atoms with Crippen molar-refractivity contribution in [2.24, 2.45) is 5.73 Å². The van der Waals surface area contributed by atoms with E-state index in [0.717, 1.165) is 24.4 Å². The smallest absolute Gasteiger partial charge is 0.312 e. The van der Waals surface area contributed by atoms with Gasteiger partial charge in [0.15, 0.2) is 0 Å². The minimum Gasteiger partial charge on any atom is -0.372 e. The number of benzene rings is 1. The minimum atomic E-state index is -0.627. The largest absolute Gasteiger partial charge is 0.372 e. The van der Waals surface area contributed by atoms with Gasteiger partial charge in [0.1, 0.15) is 0 Å². The van der Waals surface area contributed by atoms with Crippen LogP contribution in [0.5, 0.6) is 0 Å². The molecule has 1 aromatic heterocycles. The summed E-state index contributed by atoms with van der Waals surface area (Å²) in [4.78, 5) is 26.6. The van der Waals surface area contributed by atoms with Crippen molar-refractivity contribution in [2.75, 3.05) is 24.5 Å². The number of hydrogen-bond acceptors (Lipinski definition) is 4. The number of nitrogens with two attached hydrogens (primary N) is 1. The molecule has 6 nitrogen and oxygen atoms in total. The summed E-state index contributed by atoms with van der Waals surface area (Å²) in [6, 6.07) is 13.0. The van der Waals surface area contributed by atoms with Crippen LogP contribution in [0, 0.1) is 0 Å². The van der Waals surface area contributed by atoms with E-state index in [9.17, 15) is 9.59 Å². The Bertz CT molecular complexity index is 676. The molecule has 0 saturated carbocycles. The molecule has 140 valence electrons. The van der Waals surface area contributed by atoms with Gasteiger partial charge in [-0.2, -0.15) is 0 Å². The Balaban J connectivity index is 1.76. The van der Waals surface area contributed by atoms with Crippen molar-refractivity contribution in [1.82, 2.24) is 10.6 Å². The van der Waals surface area contributed by atoms with Gasteiger partial charge in [0.05, 0.1) is 12.5 Å². The van der Waals surface area contributed by atoms with Crippen molar-refractivity contribution in [3.8, 4) is 0 Å². The zero-order chi connectivity index (χ0) is 18.8. The molecule has 0 aliphatic rings. The van der Waals surface area contributed by atoms with Gasteiger partial charge in [-0.25, -0.2) is 4.79 Å². The minimum absolute atomic E-state index is 0.0973. The predicted octanol–water partition coefficient (Wildman–Crippen LogP) is 2.88. The number of nitrogens with one attached hydrogen (secondary N) is 2. The van der Waals surface area contributed by atoms with E-state index < -0.39 is 6.03 Å². The second-order valence-electron chi connectivity index (χ2n) is 5.90. The van der Waals surface area contributed by atoms with E-state index in [0.29, 0.717) is 6.54 Å². The van der Waals surface area contributed by atoms with E-state index in [1.165, 1.54) is 17.0 Å². The van der Waals surface area contributed by atoms with Gasteiger partial charge < -0.3 is 21.3 Å². The maximum absolute atomic E-state index is 12.2. The van der Waals surface area contributed by atoms with Crippen LogP contribution in [0.1, 0.15) is 30.7 Å². The zero-order valence-corrected chi connectivity index (χ0v) is 15.8. The molecule has 2 aromatic rings. The van der Waals surface area contributed by atoms with E-state index in [-0.39, 0.29) is 18.4 Å². The number of nitrogens with zero attached hydrogens (tertiary/aromatic N) is 1. The van der Waals surface area contributed by atoms with Crippen LogP contribution in [0.2, 0.25) is 0 Å². The van der Waals surface area contributed by atoms with Crippen molar-refractivity contribution in [1.29, 1.82) is 0 Å². The molecule has 0 fully saturated rings. The number of amides is 3. The molecule has 1 unspecified atom stereocenters. The lowest BCUT2D eigenvalue weighted by Gasteiger charge is -2.23. The Morgan fingerprint density at radius 2 is 1.96 bits per heavy atom. The van der Waals surface area contributed by atoms with Crippen molar-refractivity contribution in [3.63, 3.8) is 0 Å². The summed E-state index contributed by atoms with van der Waals surface area (Å²) in [7, 11) is 0. The first-order valence-electron chi connectivity index (χ1n) is 8.76. The van der Waals surface area contributed by atoms with Crippen LogP contribution >= 0.6 is 11.3 Å². The van der Waals surface area contributed by atoms with E-state index in [4.69, 9.17) is 5.73 Å². The molecule has 4 N–H and O–H groups in total. The second-order valence-corrected chi connectivity index (χ2v) is 6.88. The molecule has 0 aliphatic heterocycles. The van der Waals surface area contributed by atoms with Gasteiger partial charge in [0, 0.05) is 30.2 Å². The first-order chi connectivity index (χ1) is 12.6. The summed E-state index contributed by atoms with van der Waals surface area (Å²) in [6.07, 6.45) is 1.03. The number of anilines is 1. The third-order valence-electron chi connectivity index (χ3n) is 4.02. The summed E-state index contributed by atoms with van der Waals surface area (Å²) in [6.45, 7) is 4.50. The molecule has 1 atom stereocenters. The lowest BCUT2D eigenvalue weighted by atomic mass is 10.1. The molecule has 3 amide bonds. The van der Waals surface area contributed by atoms with Gasteiger partial charge in [-0.1, -0.05) is 24.3 Å². The van der Waals surface area contributed by atoms with Gasteiger partial charge in [-0.3, -0.25) is 4.79 Å². The Morgan fingerprint density at radius 1 is 1.19 bits per heavy atom. The topological polar surface area (TPSA) is 87.5 Å². The molecule has 1 heterocycles. The molecular formula is C19H26N4O2S. The number of thiophene rings is 1. The summed E-state index contributed by atoms with van der Waals surface area (Å²) in [5.74, 6) is -0.0973. The van der Waals surface area contributed by atoms with Gasteiger partial charge in [0.2, 0.25) is 5.91 Å². The van der Waals surface area contributed by atoms with Crippen molar-refractivity contribution >= 4 is 29.0 Å². The SMILES string of the molecule is CCN(CCCNC(=O)CC(NC(N)=O)c1cccs1)c1ccccc1. The molecule has 1 aromatic carbocycles. The standard InChI is InChI=1S/C19H26N4O2S/c1-2-23(15-8-4-3-5-9-15)12-7-11-21-18(24)14-16(22-19(20)25)17-10-6-13-26-17/h3-6,8-10,13,16H,2,7,11-12,14H2,1H3,(H,21,24)(H3,20,22,25). The summed E-state index contributed by atoms with van der Waals surface area (Å²) in [5, 5.41) is 7.47. The fourth-order valence-corrected chi connectivity index (χ4v) is 3.53. The highest BCUT2D eigenvalue weighted by atomic mass is 32.1. The van der Waals surface area contributed by atoms with Crippen molar-refractivity contribution in [2.45, 2.75) is 25.8 Å². The molecule has 0 bridgehead atoms. The normalized spacial score (nSPS) is 11.6. The second kappa shape index (κ2) is 10.5. The first-order valence-corrected chi connectivity index (χ1v) is 9.64. The monoisotopic (exact) mass is 374 g/mol. The number of para-hydroxylation sites is 1. The molecule has 0 radical (unpaired) electrons. The lowest BCUT2D eigenvalue weighted by molar-refractivity contribution is -0.121. The molecule has 7 heteroatoms. The quantitative estimate of drug-likeness (QED) is 0.559. The highest BCUT2D eigenvalue weighted by Crippen LogP contribution is 2.21. The van der Waals surface area contributed by atoms with E-state index in [2.05, 4.69) is 34.6 Å². The first kappa shape index (κ1) is 19.8. The number of rotatable bonds is 10. The number of carbonyl (C=O) groups is 2. The fraction of sp³-hybridized carbons (Fsp3) is 0.368. The number of urea groups is 1. The Kier molecular flexibility index (Phi) is 7.95. The van der Waals surface area contributed by atoms with Gasteiger partial charge in [-0.05, 0) is 36.9 Å². The van der Waals surface area contributed by atoms with Crippen molar-refractivity contribution < 1.29 is 9.59 Å². The average molecular weight is 375 g/mol. The predicted molar refractivity (Wildman–Crippen MR) is 106 cm³/mol. The summed E-state index contributed by atoms with van der Waals surface area (Å²) >= 11 is 1.49. The lowest BCUT2D eigenvalue weighted by Crippen LogP contribution is -2.37. The highest BCUT2D eigenvalue weighted by Gasteiger charge is 2.18. The molecule has 2 rings (SSSR count). The van der Waals surface area contributed by atoms with Crippen LogP contribution in [0.4, 0.5) is 10.5 Å². The van der Waals surface area contributed by atoms with E-state index in [1.54, 1.807) is 0 Å². The maximum atomic E-state index is 12.2. The van der Waals surface area contributed by atoms with Crippen LogP contribution in [-0.4, -0.2) is 31.6 Å². The maximum Gasteiger partial charge on any atom is 0.312 e. The Labute approximate surface area is 158 Å². The number of carbonyl (C=O) groups excluding carboxylic acids is 2. The molecular weight excluding hydrogens is 348 g/mol. The Hall–Kier alpha value is -2.54. The summed E-state index contributed by atoms with van der Waals surface area (Å²) < 4.78 is 0.